The summed E-state index contributed by atoms with van der Waals surface area (Å²) in [5.74, 6) is 1.81. The molecule has 0 amide bonds. The second kappa shape index (κ2) is 9.01. The van der Waals surface area contributed by atoms with Crippen molar-refractivity contribution in [1.29, 1.82) is 0 Å². The highest BCUT2D eigenvalue weighted by Crippen LogP contribution is 2.32. The summed E-state index contributed by atoms with van der Waals surface area (Å²) in [4.78, 5) is 4.96. The zero-order valence-electron chi connectivity index (χ0n) is 14.3. The Morgan fingerprint density at radius 3 is 2.41 bits per heavy atom. The number of para-hydroxylation sites is 1. The van der Waals surface area contributed by atoms with Gasteiger partial charge in [-0.05, 0) is 51.9 Å². The van der Waals surface area contributed by atoms with Crippen LogP contribution < -0.4 is 9.47 Å². The molecule has 0 aromatic heterocycles. The van der Waals surface area contributed by atoms with Gasteiger partial charge in [0, 0.05) is 26.2 Å². The van der Waals surface area contributed by atoms with E-state index in [0.717, 1.165) is 24.5 Å². The molecule has 124 valence electrons. The average molecular weight is 306 g/mol. The molecule has 4 heteroatoms. The summed E-state index contributed by atoms with van der Waals surface area (Å²) in [6, 6.07) is 6.23. The monoisotopic (exact) mass is 306 g/mol. The van der Waals surface area contributed by atoms with E-state index >= 15 is 0 Å². The fourth-order valence-corrected chi connectivity index (χ4v) is 2.90. The number of rotatable bonds is 8. The lowest BCUT2D eigenvalue weighted by atomic mass is 10.1. The zero-order valence-corrected chi connectivity index (χ0v) is 14.3. The lowest BCUT2D eigenvalue weighted by molar-refractivity contribution is 0.153. The lowest BCUT2D eigenvalue weighted by Gasteiger charge is -2.32. The van der Waals surface area contributed by atoms with Gasteiger partial charge in [0.15, 0.2) is 11.5 Å². The van der Waals surface area contributed by atoms with Crippen molar-refractivity contribution in [3.05, 3.63) is 23.8 Å². The van der Waals surface area contributed by atoms with Gasteiger partial charge in [0.1, 0.15) is 0 Å². The molecule has 0 N–H and O–H groups in total. The van der Waals surface area contributed by atoms with Gasteiger partial charge in [0.25, 0.3) is 0 Å². The normalized spacial score (nSPS) is 16.7. The van der Waals surface area contributed by atoms with E-state index in [1.807, 2.05) is 19.9 Å². The molecule has 2 rings (SSSR count). The van der Waals surface area contributed by atoms with Gasteiger partial charge in [0.2, 0.25) is 0 Å². The average Bonchev–Trinajstić information content (AvgIpc) is 2.52. The third-order valence-corrected chi connectivity index (χ3v) is 4.17. The van der Waals surface area contributed by atoms with Crippen LogP contribution in [0.2, 0.25) is 0 Å². The minimum absolute atomic E-state index is 0.671. The molecule has 0 aliphatic carbocycles. The van der Waals surface area contributed by atoms with E-state index in [2.05, 4.69) is 29.0 Å². The van der Waals surface area contributed by atoms with Crippen LogP contribution in [0.15, 0.2) is 18.2 Å². The first-order chi connectivity index (χ1) is 10.7. The fraction of sp³-hybridized carbons (Fsp3) is 0.667. The summed E-state index contributed by atoms with van der Waals surface area (Å²) in [5, 5.41) is 0. The molecule has 0 atom stereocenters. The van der Waals surface area contributed by atoms with E-state index in [1.165, 1.54) is 38.2 Å². The number of ether oxygens (including phenoxy) is 2. The Hall–Kier alpha value is -1.26. The number of benzene rings is 1. The Morgan fingerprint density at radius 2 is 1.73 bits per heavy atom. The molecular weight excluding hydrogens is 276 g/mol. The van der Waals surface area contributed by atoms with Crippen LogP contribution in [-0.2, 0) is 6.42 Å². The van der Waals surface area contributed by atoms with Crippen LogP contribution in [0.1, 0.15) is 25.8 Å². The molecule has 0 radical (unpaired) electrons. The third kappa shape index (κ3) is 4.89. The first-order valence-corrected chi connectivity index (χ1v) is 8.53. The molecule has 1 aliphatic heterocycles. The summed E-state index contributed by atoms with van der Waals surface area (Å²) in [6.07, 6.45) is 2.21. The number of piperazine rings is 1. The summed E-state index contributed by atoms with van der Waals surface area (Å²) in [6.45, 7) is 11.3. The molecule has 0 unspecified atom stereocenters. The molecule has 0 saturated carbocycles. The Balaban J connectivity index is 1.89. The largest absolute Gasteiger partial charge is 0.490 e. The first kappa shape index (κ1) is 17.1. The van der Waals surface area contributed by atoms with Gasteiger partial charge in [-0.15, -0.1) is 0 Å². The molecule has 1 fully saturated rings. The molecule has 1 heterocycles. The van der Waals surface area contributed by atoms with Crippen molar-refractivity contribution < 1.29 is 9.47 Å². The van der Waals surface area contributed by atoms with Crippen molar-refractivity contribution in [2.75, 3.05) is 53.0 Å². The van der Waals surface area contributed by atoms with Crippen LogP contribution >= 0.6 is 0 Å². The van der Waals surface area contributed by atoms with Crippen molar-refractivity contribution >= 4 is 0 Å². The molecular formula is C18H30N2O2. The van der Waals surface area contributed by atoms with E-state index in [0.29, 0.717) is 13.2 Å². The van der Waals surface area contributed by atoms with Gasteiger partial charge in [-0.3, -0.25) is 0 Å². The highest BCUT2D eigenvalue weighted by Gasteiger charge is 2.14. The van der Waals surface area contributed by atoms with Gasteiger partial charge in [-0.1, -0.05) is 12.1 Å². The number of nitrogens with zero attached hydrogens (tertiary/aromatic N) is 2. The predicted octanol–water partition coefficient (Wildman–Crippen LogP) is 2.66. The van der Waals surface area contributed by atoms with Crippen molar-refractivity contribution in [2.24, 2.45) is 0 Å². The number of aryl methyl sites for hydroxylation is 1. The highest BCUT2D eigenvalue weighted by atomic mass is 16.5. The molecule has 1 aromatic carbocycles. The summed E-state index contributed by atoms with van der Waals surface area (Å²) in [5.41, 5.74) is 1.27. The number of hydrogen-bond acceptors (Lipinski definition) is 4. The van der Waals surface area contributed by atoms with Crippen molar-refractivity contribution in [1.82, 2.24) is 9.80 Å². The predicted molar refractivity (Wildman–Crippen MR) is 91.0 cm³/mol. The third-order valence-electron chi connectivity index (χ3n) is 4.17. The van der Waals surface area contributed by atoms with E-state index in [1.54, 1.807) is 0 Å². The Kier molecular flexibility index (Phi) is 7.00. The Morgan fingerprint density at radius 1 is 1.00 bits per heavy atom. The SMILES string of the molecule is CCOc1cccc(CCCN2CCN(C)CC2)c1OCC. The van der Waals surface area contributed by atoms with Gasteiger partial charge < -0.3 is 19.3 Å². The maximum absolute atomic E-state index is 5.83. The lowest BCUT2D eigenvalue weighted by Crippen LogP contribution is -2.44. The summed E-state index contributed by atoms with van der Waals surface area (Å²) >= 11 is 0. The Labute approximate surface area is 135 Å². The van der Waals surface area contributed by atoms with Crippen LogP contribution in [0.5, 0.6) is 11.5 Å². The topological polar surface area (TPSA) is 24.9 Å². The van der Waals surface area contributed by atoms with E-state index in [4.69, 9.17) is 9.47 Å². The molecule has 0 spiro atoms. The Bertz CT molecular complexity index is 443. The van der Waals surface area contributed by atoms with Gasteiger partial charge in [-0.2, -0.15) is 0 Å². The molecule has 1 aliphatic rings. The molecule has 4 nitrogen and oxygen atoms in total. The van der Waals surface area contributed by atoms with Crippen molar-refractivity contribution in [3.8, 4) is 11.5 Å². The van der Waals surface area contributed by atoms with Gasteiger partial charge in [0.05, 0.1) is 13.2 Å². The number of hydrogen-bond donors (Lipinski definition) is 0. The number of likely N-dealkylation sites (N-methyl/N-ethyl adjacent to an activating group) is 1. The van der Waals surface area contributed by atoms with E-state index < -0.39 is 0 Å². The minimum Gasteiger partial charge on any atom is -0.490 e. The molecule has 1 aromatic rings. The van der Waals surface area contributed by atoms with Crippen molar-refractivity contribution in [2.45, 2.75) is 26.7 Å². The minimum atomic E-state index is 0.671. The fourth-order valence-electron chi connectivity index (χ4n) is 2.90. The van der Waals surface area contributed by atoms with E-state index in [9.17, 15) is 0 Å². The van der Waals surface area contributed by atoms with Crippen LogP contribution in [-0.4, -0.2) is 62.8 Å². The van der Waals surface area contributed by atoms with Crippen LogP contribution in [0.4, 0.5) is 0 Å². The van der Waals surface area contributed by atoms with Crippen LogP contribution in [0, 0.1) is 0 Å². The van der Waals surface area contributed by atoms with Crippen LogP contribution in [0.3, 0.4) is 0 Å². The maximum Gasteiger partial charge on any atom is 0.164 e. The second-order valence-corrected chi connectivity index (χ2v) is 5.86. The highest BCUT2D eigenvalue weighted by molar-refractivity contribution is 5.46. The summed E-state index contributed by atoms with van der Waals surface area (Å²) < 4.78 is 11.5. The quantitative estimate of drug-likeness (QED) is 0.737. The maximum atomic E-state index is 5.83. The molecule has 0 bridgehead atoms. The van der Waals surface area contributed by atoms with Crippen molar-refractivity contribution in [3.63, 3.8) is 0 Å². The standard InChI is InChI=1S/C18H30N2O2/c1-4-21-17-10-6-8-16(18(17)22-5-2)9-7-11-20-14-12-19(3)13-15-20/h6,8,10H,4-5,7,9,11-15H2,1-3H3. The summed E-state index contributed by atoms with van der Waals surface area (Å²) in [7, 11) is 2.20. The zero-order chi connectivity index (χ0) is 15.8. The van der Waals surface area contributed by atoms with Gasteiger partial charge >= 0.3 is 0 Å². The van der Waals surface area contributed by atoms with Gasteiger partial charge in [-0.25, -0.2) is 0 Å². The smallest absolute Gasteiger partial charge is 0.164 e. The van der Waals surface area contributed by atoms with E-state index in [-0.39, 0.29) is 0 Å². The van der Waals surface area contributed by atoms with Crippen LogP contribution in [0.25, 0.3) is 0 Å². The molecule has 22 heavy (non-hydrogen) atoms. The molecule has 1 saturated heterocycles. The first-order valence-electron chi connectivity index (χ1n) is 8.53. The second-order valence-electron chi connectivity index (χ2n) is 5.86.